The molecule has 0 heterocycles. The summed E-state index contributed by atoms with van der Waals surface area (Å²) in [6.07, 6.45) is -5.33. The van der Waals surface area contributed by atoms with E-state index in [1.54, 1.807) is 6.92 Å². The molecule has 1 nitrogen and oxygen atoms in total. The number of alkyl halides is 3. The summed E-state index contributed by atoms with van der Waals surface area (Å²) in [5.74, 6) is 0. The standard InChI is InChI=1S/C9H17F3O/c1-4-6-8(3,5-2)7(13)9(10,11)12/h7,13H,4-6H2,1-3H3/t7?,8-/m1/s1. The van der Waals surface area contributed by atoms with Gasteiger partial charge in [-0.2, -0.15) is 13.2 Å². The second-order valence-corrected chi connectivity index (χ2v) is 3.70. The molecule has 0 aromatic rings. The van der Waals surface area contributed by atoms with Crippen LogP contribution in [0, 0.1) is 5.41 Å². The predicted octanol–water partition coefficient (Wildman–Crippen LogP) is 3.13. The van der Waals surface area contributed by atoms with Crippen LogP contribution in [0.3, 0.4) is 0 Å². The zero-order valence-electron chi connectivity index (χ0n) is 8.28. The van der Waals surface area contributed by atoms with Crippen molar-refractivity contribution in [2.45, 2.75) is 52.3 Å². The maximum atomic E-state index is 12.2. The third-order valence-corrected chi connectivity index (χ3v) is 2.60. The van der Waals surface area contributed by atoms with Gasteiger partial charge in [-0.05, 0) is 12.8 Å². The van der Waals surface area contributed by atoms with Gasteiger partial charge in [0.25, 0.3) is 0 Å². The van der Waals surface area contributed by atoms with Crippen molar-refractivity contribution >= 4 is 0 Å². The fourth-order valence-corrected chi connectivity index (χ4v) is 1.47. The van der Waals surface area contributed by atoms with Gasteiger partial charge in [0.05, 0.1) is 0 Å². The van der Waals surface area contributed by atoms with Gasteiger partial charge in [0.1, 0.15) is 0 Å². The molecule has 0 saturated carbocycles. The van der Waals surface area contributed by atoms with Crippen LogP contribution in [0.4, 0.5) is 13.2 Å². The molecule has 0 aliphatic rings. The summed E-state index contributed by atoms with van der Waals surface area (Å²) in [4.78, 5) is 0. The summed E-state index contributed by atoms with van der Waals surface area (Å²) in [6, 6.07) is 0. The first kappa shape index (κ1) is 12.8. The van der Waals surface area contributed by atoms with Crippen LogP contribution in [0.5, 0.6) is 0 Å². The summed E-state index contributed by atoms with van der Waals surface area (Å²) in [5.41, 5.74) is -1.03. The lowest BCUT2D eigenvalue weighted by molar-refractivity contribution is -0.238. The summed E-state index contributed by atoms with van der Waals surface area (Å²) < 4.78 is 36.6. The van der Waals surface area contributed by atoms with Gasteiger partial charge in [0.2, 0.25) is 0 Å². The lowest BCUT2D eigenvalue weighted by Gasteiger charge is -2.34. The van der Waals surface area contributed by atoms with Crippen LogP contribution in [-0.2, 0) is 0 Å². The molecule has 0 bridgehead atoms. The topological polar surface area (TPSA) is 20.2 Å². The van der Waals surface area contributed by atoms with Gasteiger partial charge < -0.3 is 5.11 Å². The number of rotatable bonds is 4. The molecule has 80 valence electrons. The smallest absolute Gasteiger partial charge is 0.383 e. The van der Waals surface area contributed by atoms with Crippen molar-refractivity contribution in [2.75, 3.05) is 0 Å². The number of hydrogen-bond donors (Lipinski definition) is 1. The van der Waals surface area contributed by atoms with Gasteiger partial charge in [-0.25, -0.2) is 0 Å². The van der Waals surface area contributed by atoms with Crippen LogP contribution in [-0.4, -0.2) is 17.4 Å². The highest BCUT2D eigenvalue weighted by Gasteiger charge is 2.48. The van der Waals surface area contributed by atoms with Crippen LogP contribution in [0.2, 0.25) is 0 Å². The van der Waals surface area contributed by atoms with E-state index >= 15 is 0 Å². The molecule has 0 aromatic heterocycles. The van der Waals surface area contributed by atoms with Gasteiger partial charge >= 0.3 is 6.18 Å². The van der Waals surface area contributed by atoms with Crippen molar-refractivity contribution in [3.63, 3.8) is 0 Å². The van der Waals surface area contributed by atoms with E-state index < -0.39 is 17.7 Å². The van der Waals surface area contributed by atoms with Crippen molar-refractivity contribution < 1.29 is 18.3 Å². The third-order valence-electron chi connectivity index (χ3n) is 2.60. The molecule has 0 fully saturated rings. The molecule has 0 spiro atoms. The minimum absolute atomic E-state index is 0.335. The molecular weight excluding hydrogens is 181 g/mol. The highest BCUT2D eigenvalue weighted by atomic mass is 19.4. The Morgan fingerprint density at radius 2 is 1.69 bits per heavy atom. The Morgan fingerprint density at radius 1 is 1.23 bits per heavy atom. The predicted molar refractivity (Wildman–Crippen MR) is 45.4 cm³/mol. The maximum Gasteiger partial charge on any atom is 0.414 e. The average molecular weight is 198 g/mol. The zero-order chi connectivity index (χ0) is 10.7. The van der Waals surface area contributed by atoms with Gasteiger partial charge in [-0.15, -0.1) is 0 Å². The van der Waals surface area contributed by atoms with Crippen molar-refractivity contribution in [3.8, 4) is 0 Å². The van der Waals surface area contributed by atoms with Crippen LogP contribution in [0.15, 0.2) is 0 Å². The summed E-state index contributed by atoms with van der Waals surface area (Å²) in [5, 5.41) is 9.11. The largest absolute Gasteiger partial charge is 0.414 e. The normalized spacial score (nSPS) is 19.6. The van der Waals surface area contributed by atoms with Gasteiger partial charge in [0, 0.05) is 5.41 Å². The van der Waals surface area contributed by atoms with Gasteiger partial charge in [-0.1, -0.05) is 27.2 Å². The molecule has 0 radical (unpaired) electrons. The average Bonchev–Trinajstić information content (AvgIpc) is 2.02. The molecule has 2 atom stereocenters. The SMILES string of the molecule is CCC[C@@](C)(CC)C(O)C(F)(F)F. The van der Waals surface area contributed by atoms with E-state index in [4.69, 9.17) is 5.11 Å². The van der Waals surface area contributed by atoms with E-state index in [-0.39, 0.29) is 0 Å². The van der Waals surface area contributed by atoms with Crippen LogP contribution in [0.25, 0.3) is 0 Å². The highest BCUT2D eigenvalue weighted by molar-refractivity contribution is 4.85. The van der Waals surface area contributed by atoms with Crippen LogP contribution in [0.1, 0.15) is 40.0 Å². The molecule has 0 rings (SSSR count). The van der Waals surface area contributed by atoms with Crippen LogP contribution < -0.4 is 0 Å². The molecule has 13 heavy (non-hydrogen) atoms. The van der Waals surface area contributed by atoms with E-state index in [1.165, 1.54) is 6.92 Å². The Balaban J connectivity index is 4.56. The van der Waals surface area contributed by atoms with Crippen molar-refractivity contribution in [1.29, 1.82) is 0 Å². The van der Waals surface area contributed by atoms with E-state index in [2.05, 4.69) is 0 Å². The number of aliphatic hydroxyl groups is 1. The Bertz CT molecular complexity index is 155. The highest BCUT2D eigenvalue weighted by Crippen LogP contribution is 2.39. The Labute approximate surface area is 76.9 Å². The Hall–Kier alpha value is -0.250. The number of halogens is 3. The number of hydrogen-bond acceptors (Lipinski definition) is 1. The summed E-state index contributed by atoms with van der Waals surface area (Å²) >= 11 is 0. The van der Waals surface area contributed by atoms with Crippen molar-refractivity contribution in [2.24, 2.45) is 5.41 Å². The lowest BCUT2D eigenvalue weighted by atomic mass is 9.77. The second kappa shape index (κ2) is 4.31. The first-order valence-electron chi connectivity index (χ1n) is 4.52. The summed E-state index contributed by atoms with van der Waals surface area (Å²) in [6.45, 7) is 4.97. The fourth-order valence-electron chi connectivity index (χ4n) is 1.47. The minimum atomic E-state index is -4.50. The quantitative estimate of drug-likeness (QED) is 0.735. The maximum absolute atomic E-state index is 12.2. The summed E-state index contributed by atoms with van der Waals surface area (Å²) in [7, 11) is 0. The monoisotopic (exact) mass is 198 g/mol. The van der Waals surface area contributed by atoms with Crippen molar-refractivity contribution in [1.82, 2.24) is 0 Å². The third kappa shape index (κ3) is 3.18. The molecule has 0 saturated heterocycles. The van der Waals surface area contributed by atoms with Gasteiger partial charge in [-0.3, -0.25) is 0 Å². The Morgan fingerprint density at radius 3 is 1.92 bits per heavy atom. The van der Waals surface area contributed by atoms with Gasteiger partial charge in [0.15, 0.2) is 6.10 Å². The molecule has 0 aliphatic carbocycles. The number of aliphatic hydroxyl groups excluding tert-OH is 1. The molecule has 1 N–H and O–H groups in total. The minimum Gasteiger partial charge on any atom is -0.383 e. The fraction of sp³-hybridized carbons (Fsp3) is 1.00. The molecule has 4 heteroatoms. The molecular formula is C9H17F3O. The first-order valence-corrected chi connectivity index (χ1v) is 4.52. The van der Waals surface area contributed by atoms with E-state index in [1.807, 2.05) is 6.92 Å². The zero-order valence-corrected chi connectivity index (χ0v) is 8.28. The van der Waals surface area contributed by atoms with E-state index in [9.17, 15) is 13.2 Å². The molecule has 0 aromatic carbocycles. The van der Waals surface area contributed by atoms with E-state index in [0.29, 0.717) is 19.3 Å². The van der Waals surface area contributed by atoms with Crippen molar-refractivity contribution in [3.05, 3.63) is 0 Å². The lowest BCUT2D eigenvalue weighted by Crippen LogP contribution is -2.43. The molecule has 0 aliphatic heterocycles. The van der Waals surface area contributed by atoms with Crippen LogP contribution >= 0.6 is 0 Å². The first-order chi connectivity index (χ1) is 5.78. The molecule has 1 unspecified atom stereocenters. The van der Waals surface area contributed by atoms with E-state index in [0.717, 1.165) is 0 Å². The second-order valence-electron chi connectivity index (χ2n) is 3.70. The molecule has 0 amide bonds. The Kier molecular flexibility index (Phi) is 4.23.